The molecule has 0 saturated carbocycles. The SMILES string of the molecule is C[C@H](NC(=O)[C@@H]1Cc2ccccc2S1)c1ccccn1. The second-order valence-corrected chi connectivity index (χ2v) is 6.15. The van der Waals surface area contributed by atoms with Gasteiger partial charge >= 0.3 is 0 Å². The lowest BCUT2D eigenvalue weighted by molar-refractivity contribution is -0.121. The lowest BCUT2D eigenvalue weighted by atomic mass is 10.1. The summed E-state index contributed by atoms with van der Waals surface area (Å²) in [5.41, 5.74) is 2.16. The van der Waals surface area contributed by atoms with Crippen molar-refractivity contribution in [2.24, 2.45) is 0 Å². The van der Waals surface area contributed by atoms with Crippen LogP contribution in [0.25, 0.3) is 0 Å². The minimum atomic E-state index is -0.0620. The first kappa shape index (κ1) is 13.2. The van der Waals surface area contributed by atoms with Crippen LogP contribution in [0.3, 0.4) is 0 Å². The minimum Gasteiger partial charge on any atom is -0.347 e. The third-order valence-electron chi connectivity index (χ3n) is 3.43. The van der Waals surface area contributed by atoms with Gasteiger partial charge in [0, 0.05) is 11.1 Å². The van der Waals surface area contributed by atoms with Gasteiger partial charge in [-0.1, -0.05) is 24.3 Å². The maximum atomic E-state index is 12.3. The fraction of sp³-hybridized carbons (Fsp3) is 0.250. The Labute approximate surface area is 122 Å². The first-order chi connectivity index (χ1) is 9.74. The van der Waals surface area contributed by atoms with Crippen molar-refractivity contribution in [3.05, 3.63) is 59.9 Å². The van der Waals surface area contributed by atoms with Gasteiger partial charge in [-0.2, -0.15) is 0 Å². The highest BCUT2D eigenvalue weighted by molar-refractivity contribution is 8.01. The first-order valence-electron chi connectivity index (χ1n) is 6.70. The van der Waals surface area contributed by atoms with Crippen molar-refractivity contribution in [1.82, 2.24) is 10.3 Å². The van der Waals surface area contributed by atoms with Crippen LogP contribution in [-0.4, -0.2) is 16.1 Å². The van der Waals surface area contributed by atoms with E-state index in [4.69, 9.17) is 0 Å². The fourth-order valence-corrected chi connectivity index (χ4v) is 3.55. The van der Waals surface area contributed by atoms with E-state index in [1.807, 2.05) is 37.3 Å². The average molecular weight is 284 g/mol. The lowest BCUT2D eigenvalue weighted by Crippen LogP contribution is -2.34. The zero-order chi connectivity index (χ0) is 13.9. The van der Waals surface area contributed by atoms with Gasteiger partial charge in [0.05, 0.1) is 17.0 Å². The Bertz CT molecular complexity index is 590. The summed E-state index contributed by atoms with van der Waals surface area (Å²) in [6.07, 6.45) is 2.56. The first-order valence-corrected chi connectivity index (χ1v) is 7.58. The predicted molar refractivity (Wildman–Crippen MR) is 80.6 cm³/mol. The molecule has 0 saturated heterocycles. The second kappa shape index (κ2) is 5.67. The predicted octanol–water partition coefficient (Wildman–Crippen LogP) is 2.98. The van der Waals surface area contributed by atoms with Gasteiger partial charge in [0.15, 0.2) is 0 Å². The van der Waals surface area contributed by atoms with Gasteiger partial charge in [0.2, 0.25) is 5.91 Å². The quantitative estimate of drug-likeness (QED) is 0.942. The highest BCUT2D eigenvalue weighted by Gasteiger charge is 2.28. The molecule has 3 rings (SSSR count). The molecule has 0 aliphatic carbocycles. The van der Waals surface area contributed by atoms with E-state index < -0.39 is 0 Å². The highest BCUT2D eigenvalue weighted by atomic mass is 32.2. The molecule has 1 aromatic heterocycles. The van der Waals surface area contributed by atoms with Crippen molar-refractivity contribution in [2.75, 3.05) is 0 Å². The summed E-state index contributed by atoms with van der Waals surface area (Å²) >= 11 is 1.65. The van der Waals surface area contributed by atoms with Crippen molar-refractivity contribution >= 4 is 17.7 Å². The van der Waals surface area contributed by atoms with E-state index in [0.717, 1.165) is 12.1 Å². The monoisotopic (exact) mass is 284 g/mol. The summed E-state index contributed by atoms with van der Waals surface area (Å²) in [6, 6.07) is 13.9. The Hall–Kier alpha value is -1.81. The standard InChI is InChI=1S/C16H16N2OS/c1-11(13-7-4-5-9-17-13)18-16(19)15-10-12-6-2-3-8-14(12)20-15/h2-9,11,15H,10H2,1H3,(H,18,19)/t11-,15-/m0/s1. The maximum absolute atomic E-state index is 12.3. The molecule has 1 aliphatic heterocycles. The third-order valence-corrected chi connectivity index (χ3v) is 4.75. The molecule has 2 aromatic rings. The van der Waals surface area contributed by atoms with Crippen LogP contribution in [0.2, 0.25) is 0 Å². The number of aromatic nitrogens is 1. The molecule has 0 bridgehead atoms. The molecule has 2 heterocycles. The van der Waals surface area contributed by atoms with E-state index in [1.54, 1.807) is 18.0 Å². The van der Waals surface area contributed by atoms with Crippen molar-refractivity contribution in [1.29, 1.82) is 0 Å². The number of fused-ring (bicyclic) bond motifs is 1. The molecule has 102 valence electrons. The average Bonchev–Trinajstić information content (AvgIpc) is 2.92. The Balaban J connectivity index is 1.64. The normalized spacial score (nSPS) is 18.4. The van der Waals surface area contributed by atoms with Crippen molar-refractivity contribution < 1.29 is 4.79 Å². The number of carbonyl (C=O) groups excluding carboxylic acids is 1. The Morgan fingerprint density at radius 1 is 1.30 bits per heavy atom. The minimum absolute atomic E-state index is 0.0291. The summed E-state index contributed by atoms with van der Waals surface area (Å²) in [5, 5.41) is 3.02. The lowest BCUT2D eigenvalue weighted by Gasteiger charge is -2.16. The summed E-state index contributed by atoms with van der Waals surface area (Å²) in [7, 11) is 0. The van der Waals surface area contributed by atoms with Crippen LogP contribution in [0.15, 0.2) is 53.6 Å². The number of carbonyl (C=O) groups is 1. The van der Waals surface area contributed by atoms with Crippen LogP contribution in [0.5, 0.6) is 0 Å². The number of benzene rings is 1. The van der Waals surface area contributed by atoms with Gasteiger partial charge in [-0.3, -0.25) is 9.78 Å². The van der Waals surface area contributed by atoms with Crippen molar-refractivity contribution in [3.8, 4) is 0 Å². The van der Waals surface area contributed by atoms with E-state index in [-0.39, 0.29) is 17.2 Å². The van der Waals surface area contributed by atoms with Gasteiger partial charge < -0.3 is 5.32 Å². The highest BCUT2D eigenvalue weighted by Crippen LogP contribution is 2.36. The smallest absolute Gasteiger partial charge is 0.234 e. The summed E-state index contributed by atoms with van der Waals surface area (Å²) in [4.78, 5) is 17.8. The zero-order valence-corrected chi connectivity index (χ0v) is 12.1. The maximum Gasteiger partial charge on any atom is 0.234 e. The van der Waals surface area contributed by atoms with Crippen LogP contribution in [0.4, 0.5) is 0 Å². The van der Waals surface area contributed by atoms with Crippen molar-refractivity contribution in [2.45, 2.75) is 29.5 Å². The molecule has 1 N–H and O–H groups in total. The molecule has 1 aromatic carbocycles. The van der Waals surface area contributed by atoms with E-state index >= 15 is 0 Å². The molecule has 20 heavy (non-hydrogen) atoms. The van der Waals surface area contributed by atoms with Gasteiger partial charge in [0.1, 0.15) is 0 Å². The summed E-state index contributed by atoms with van der Waals surface area (Å²) in [6.45, 7) is 1.97. The van der Waals surface area contributed by atoms with E-state index in [2.05, 4.69) is 22.4 Å². The number of rotatable bonds is 3. The molecule has 3 nitrogen and oxygen atoms in total. The number of hydrogen-bond acceptors (Lipinski definition) is 3. The molecule has 0 spiro atoms. The molecular formula is C16H16N2OS. The van der Waals surface area contributed by atoms with Crippen LogP contribution in [0, 0.1) is 0 Å². The molecule has 1 amide bonds. The van der Waals surface area contributed by atoms with Crippen LogP contribution < -0.4 is 5.32 Å². The van der Waals surface area contributed by atoms with Crippen LogP contribution in [-0.2, 0) is 11.2 Å². The van der Waals surface area contributed by atoms with Gasteiger partial charge in [0.25, 0.3) is 0 Å². The zero-order valence-electron chi connectivity index (χ0n) is 11.2. The van der Waals surface area contributed by atoms with Crippen LogP contribution in [0.1, 0.15) is 24.2 Å². The van der Waals surface area contributed by atoms with Gasteiger partial charge in [-0.15, -0.1) is 11.8 Å². The molecule has 0 radical (unpaired) electrons. The number of hydrogen-bond donors (Lipinski definition) is 1. The van der Waals surface area contributed by atoms with Gasteiger partial charge in [-0.05, 0) is 37.1 Å². The van der Waals surface area contributed by atoms with E-state index in [9.17, 15) is 4.79 Å². The molecule has 2 atom stereocenters. The van der Waals surface area contributed by atoms with E-state index in [1.165, 1.54) is 10.5 Å². The summed E-state index contributed by atoms with van der Waals surface area (Å²) < 4.78 is 0. The van der Waals surface area contributed by atoms with Gasteiger partial charge in [-0.25, -0.2) is 0 Å². The topological polar surface area (TPSA) is 42.0 Å². The molecular weight excluding hydrogens is 268 g/mol. The number of pyridine rings is 1. The molecule has 0 fully saturated rings. The summed E-state index contributed by atoms with van der Waals surface area (Å²) in [5.74, 6) is 0.0874. The molecule has 4 heteroatoms. The van der Waals surface area contributed by atoms with Crippen LogP contribution >= 0.6 is 11.8 Å². The Morgan fingerprint density at radius 3 is 2.85 bits per heavy atom. The largest absolute Gasteiger partial charge is 0.347 e. The number of amides is 1. The second-order valence-electron chi connectivity index (χ2n) is 4.90. The number of nitrogens with one attached hydrogen (secondary N) is 1. The molecule has 1 aliphatic rings. The van der Waals surface area contributed by atoms with E-state index in [0.29, 0.717) is 0 Å². The Morgan fingerprint density at radius 2 is 2.10 bits per heavy atom. The number of thioether (sulfide) groups is 1. The van der Waals surface area contributed by atoms with Crippen molar-refractivity contribution in [3.63, 3.8) is 0 Å². The molecule has 0 unspecified atom stereocenters. The fourth-order valence-electron chi connectivity index (χ4n) is 2.34. The number of nitrogens with zero attached hydrogens (tertiary/aromatic N) is 1. The Kier molecular flexibility index (Phi) is 3.74. The third kappa shape index (κ3) is 2.70.